The maximum Gasteiger partial charge on any atom is 0.297 e. The summed E-state index contributed by atoms with van der Waals surface area (Å²) in [6, 6.07) is 63.3. The lowest BCUT2D eigenvalue weighted by atomic mass is 9.35. The van der Waals surface area contributed by atoms with Gasteiger partial charge >= 0.3 is 0 Å². The van der Waals surface area contributed by atoms with Gasteiger partial charge in [-0.3, -0.25) is 0 Å². The molecule has 3 heterocycles. The van der Waals surface area contributed by atoms with Crippen molar-refractivity contribution in [1.82, 2.24) is 0 Å². The quantitative estimate of drug-likeness (QED) is 0.148. The van der Waals surface area contributed by atoms with Crippen LogP contribution in [-0.2, 0) is 16.2 Å². The third kappa shape index (κ3) is 8.74. The third-order valence-corrected chi connectivity index (χ3v) is 15.4. The van der Waals surface area contributed by atoms with E-state index >= 15 is 0 Å². The average molecular weight is 968 g/mol. The van der Waals surface area contributed by atoms with Crippen LogP contribution in [0.3, 0.4) is 0 Å². The van der Waals surface area contributed by atoms with Crippen molar-refractivity contribution < 1.29 is 4.42 Å². The average Bonchev–Trinajstić information content (AvgIpc) is 3.59. The summed E-state index contributed by atoms with van der Waals surface area (Å²) in [5.74, 6) is 0.866. The molecule has 0 fully saturated rings. The Labute approximate surface area is 441 Å². The lowest BCUT2D eigenvalue weighted by Gasteiger charge is -2.43. The van der Waals surface area contributed by atoms with Gasteiger partial charge in [-0.15, -0.1) is 0 Å². The summed E-state index contributed by atoms with van der Waals surface area (Å²) in [6.07, 6.45) is 10.2. The molecule has 4 nitrogen and oxygen atoms in total. The normalized spacial score (nSPS) is 14.5. The Bertz CT molecular complexity index is 3480. The van der Waals surface area contributed by atoms with Crippen LogP contribution < -0.4 is 31.3 Å². The van der Waals surface area contributed by atoms with E-state index in [1.807, 2.05) is 0 Å². The van der Waals surface area contributed by atoms with Gasteiger partial charge in [-0.2, -0.15) is 0 Å². The van der Waals surface area contributed by atoms with Gasteiger partial charge in [0.05, 0.1) is 16.9 Å². The second-order valence-corrected chi connectivity index (χ2v) is 24.7. The van der Waals surface area contributed by atoms with Crippen molar-refractivity contribution in [3.63, 3.8) is 0 Å². The summed E-state index contributed by atoms with van der Waals surface area (Å²) in [4.78, 5) is 7.45. The first kappa shape index (κ1) is 48.8. The second kappa shape index (κ2) is 18.2. The predicted octanol–water partition coefficient (Wildman–Crippen LogP) is 17.5. The van der Waals surface area contributed by atoms with Crippen molar-refractivity contribution in [2.75, 3.05) is 14.7 Å². The molecule has 2 aliphatic heterocycles. The molecular formula is C69H70BN3O. The van der Waals surface area contributed by atoms with Gasteiger partial charge in [-0.05, 0) is 134 Å². The number of hydrogen-bond acceptors (Lipinski definition) is 4. The number of rotatable bonds is 7. The molecule has 0 N–H and O–H groups in total. The fraction of sp³-hybridized carbons (Fsp3) is 0.246. The Morgan fingerprint density at radius 2 is 0.986 bits per heavy atom. The first-order valence-electron chi connectivity index (χ1n) is 26.6. The number of fused-ring (bicyclic) bond motifs is 4. The number of furan rings is 1. The number of hydrogen-bond donors (Lipinski definition) is 0. The molecule has 0 bridgehead atoms. The molecule has 1 aromatic heterocycles. The number of anilines is 8. The third-order valence-electron chi connectivity index (χ3n) is 15.4. The summed E-state index contributed by atoms with van der Waals surface area (Å²) in [7, 11) is 0. The first-order valence-corrected chi connectivity index (χ1v) is 26.6. The first-order chi connectivity index (χ1) is 35.3. The van der Waals surface area contributed by atoms with Gasteiger partial charge in [0.25, 0.3) is 6.71 Å². The molecule has 0 saturated carbocycles. The summed E-state index contributed by atoms with van der Waals surface area (Å²) < 4.78 is 7.64. The number of allylic oxidation sites excluding steroid dienone is 5. The predicted molar refractivity (Wildman–Crippen MR) is 318 cm³/mol. The van der Waals surface area contributed by atoms with E-state index in [4.69, 9.17) is 4.42 Å². The van der Waals surface area contributed by atoms with Crippen LogP contribution in [0.15, 0.2) is 210 Å². The van der Waals surface area contributed by atoms with Crippen molar-refractivity contribution in [2.45, 2.75) is 106 Å². The molecule has 0 radical (unpaired) electrons. The van der Waals surface area contributed by atoms with Crippen LogP contribution in [0.25, 0.3) is 22.5 Å². The molecule has 0 saturated heterocycles. The Balaban J connectivity index is 1.21. The molecule has 0 spiro atoms. The van der Waals surface area contributed by atoms with Gasteiger partial charge in [0, 0.05) is 51.1 Å². The smallest absolute Gasteiger partial charge is 0.297 e. The van der Waals surface area contributed by atoms with Gasteiger partial charge in [0.15, 0.2) is 0 Å². The minimum atomic E-state index is -0.232. The minimum absolute atomic E-state index is 0.0000742. The fourth-order valence-corrected chi connectivity index (χ4v) is 11.2. The van der Waals surface area contributed by atoms with Gasteiger partial charge in [0.1, 0.15) is 5.76 Å². The zero-order valence-corrected chi connectivity index (χ0v) is 45.5. The van der Waals surface area contributed by atoms with E-state index in [1.54, 1.807) is 0 Å². The zero-order chi connectivity index (χ0) is 51.9. The fourth-order valence-electron chi connectivity index (χ4n) is 11.2. The highest BCUT2D eigenvalue weighted by molar-refractivity contribution is 6.99. The minimum Gasteiger partial charge on any atom is -0.467 e. The van der Waals surface area contributed by atoms with E-state index in [-0.39, 0.29) is 28.4 Å². The topological polar surface area (TPSA) is 22.9 Å². The molecule has 5 heteroatoms. The molecule has 1 aliphatic carbocycles. The van der Waals surface area contributed by atoms with Crippen LogP contribution in [0.1, 0.15) is 106 Å². The monoisotopic (exact) mass is 968 g/mol. The molecule has 0 amide bonds. The largest absolute Gasteiger partial charge is 0.467 e. The van der Waals surface area contributed by atoms with Crippen LogP contribution in [0.4, 0.5) is 45.5 Å². The van der Waals surface area contributed by atoms with E-state index in [0.717, 1.165) is 85.7 Å². The number of benzene rings is 7. The lowest BCUT2D eigenvalue weighted by Crippen LogP contribution is -2.61. The van der Waals surface area contributed by atoms with Crippen LogP contribution in [0.2, 0.25) is 0 Å². The SMILES string of the molecule is CC(C)(C)C1=CC=C(N(c2ccc(C(C)(C)C)cc2)c2ccc3c(c2)N(c2ccc(C(C)(C)C)cc2)c2cccc4c2B3c2oc(-c3ccccc3)c(-c3ccccc3)c2N4c2ccc(C(C)(C)C)cc2)C=CC1. The van der Waals surface area contributed by atoms with Crippen molar-refractivity contribution in [3.8, 4) is 22.5 Å². The molecule has 0 unspecified atom stereocenters. The van der Waals surface area contributed by atoms with Crippen LogP contribution in [0.5, 0.6) is 0 Å². The Hall–Kier alpha value is -7.50. The van der Waals surface area contributed by atoms with Gasteiger partial charge < -0.3 is 19.1 Å². The van der Waals surface area contributed by atoms with Crippen molar-refractivity contribution in [1.29, 1.82) is 0 Å². The van der Waals surface area contributed by atoms with Crippen molar-refractivity contribution in [2.24, 2.45) is 5.41 Å². The standard InChI is InChI=1S/C69H70BN3O/c1-66(2,3)48-25-19-26-52(36-29-48)71(53-37-30-49(31-38-53)67(4,5)6)56-43-44-57-60(45-56)72(54-39-32-50(33-40-54)68(7,8)9)58-27-20-28-59-62(58)70(57)65-63(73(59)55-41-34-51(35-42-55)69(10,11)12)61(46-21-15-13-16-22-46)64(74-65)47-23-17-14-18-24-47/h13-24,26-45H,25H2,1-12H3. The molecule has 8 aromatic rings. The van der Waals surface area contributed by atoms with E-state index in [2.05, 4.69) is 292 Å². The van der Waals surface area contributed by atoms with Crippen LogP contribution in [-0.4, -0.2) is 6.71 Å². The maximum absolute atomic E-state index is 7.64. The van der Waals surface area contributed by atoms with E-state index in [0.29, 0.717) is 0 Å². The zero-order valence-electron chi connectivity index (χ0n) is 45.5. The summed E-state index contributed by atoms with van der Waals surface area (Å²) >= 11 is 0. The molecular weight excluding hydrogens is 898 g/mol. The molecule has 11 rings (SSSR count). The summed E-state index contributed by atoms with van der Waals surface area (Å²) in [5.41, 5.74) is 21.9. The second-order valence-electron chi connectivity index (χ2n) is 24.7. The Morgan fingerprint density at radius 3 is 1.54 bits per heavy atom. The number of nitrogens with zero attached hydrogens (tertiary/aromatic N) is 3. The highest BCUT2D eigenvalue weighted by atomic mass is 16.3. The lowest BCUT2D eigenvalue weighted by molar-refractivity contribution is 0.494. The van der Waals surface area contributed by atoms with Gasteiger partial charge in [-0.25, -0.2) is 0 Å². The highest BCUT2D eigenvalue weighted by Gasteiger charge is 2.48. The van der Waals surface area contributed by atoms with Gasteiger partial charge in [-0.1, -0.05) is 210 Å². The van der Waals surface area contributed by atoms with E-state index in [9.17, 15) is 0 Å². The van der Waals surface area contributed by atoms with E-state index < -0.39 is 0 Å². The molecule has 0 atom stereocenters. The Morgan fingerprint density at radius 1 is 0.473 bits per heavy atom. The molecule has 74 heavy (non-hydrogen) atoms. The van der Waals surface area contributed by atoms with E-state index in [1.165, 1.54) is 33.2 Å². The van der Waals surface area contributed by atoms with Crippen LogP contribution >= 0.6 is 0 Å². The van der Waals surface area contributed by atoms with Crippen LogP contribution in [0, 0.1) is 5.41 Å². The van der Waals surface area contributed by atoms with Gasteiger partial charge in [0.2, 0.25) is 0 Å². The highest BCUT2D eigenvalue weighted by Crippen LogP contribution is 2.51. The summed E-state index contributed by atoms with van der Waals surface area (Å²) in [6.45, 7) is 27.3. The Kier molecular flexibility index (Phi) is 12.0. The summed E-state index contributed by atoms with van der Waals surface area (Å²) in [5, 5.41) is 0. The van der Waals surface area contributed by atoms with Crippen molar-refractivity contribution in [3.05, 3.63) is 222 Å². The maximum atomic E-state index is 7.64. The van der Waals surface area contributed by atoms with Crippen molar-refractivity contribution >= 4 is 68.8 Å². The molecule has 3 aliphatic rings. The molecule has 7 aromatic carbocycles. The molecule has 370 valence electrons.